The molecule has 17 heavy (non-hydrogen) atoms. The van der Waals surface area contributed by atoms with Gasteiger partial charge in [-0.15, -0.1) is 0 Å². The van der Waals surface area contributed by atoms with Gasteiger partial charge in [-0.25, -0.2) is 9.18 Å². The fourth-order valence-electron chi connectivity index (χ4n) is 1.46. The number of anilines is 1. The fraction of sp³-hybridized carbons (Fsp3) is 0.417. The molecule has 0 fully saturated rings. The number of ether oxygens (including phenoxy) is 1. The normalized spacial score (nSPS) is 9.88. The Morgan fingerprint density at radius 3 is 2.53 bits per heavy atom. The van der Waals surface area contributed by atoms with Crippen LogP contribution in [0.5, 0.6) is 5.75 Å². The van der Waals surface area contributed by atoms with Crippen LogP contribution >= 0.6 is 0 Å². The van der Waals surface area contributed by atoms with Crippen LogP contribution in [-0.4, -0.2) is 31.1 Å². The number of carbonyl (C=O) groups is 1. The van der Waals surface area contributed by atoms with Crippen LogP contribution in [-0.2, 0) is 0 Å². The van der Waals surface area contributed by atoms with Gasteiger partial charge in [0.15, 0.2) is 11.6 Å². The molecular formula is C12H17FN2O2. The van der Waals surface area contributed by atoms with Crippen molar-refractivity contribution >= 4 is 11.7 Å². The summed E-state index contributed by atoms with van der Waals surface area (Å²) in [6.45, 7) is 5.00. The quantitative estimate of drug-likeness (QED) is 0.879. The second-order valence-corrected chi connectivity index (χ2v) is 3.45. The van der Waals surface area contributed by atoms with E-state index in [9.17, 15) is 9.18 Å². The van der Waals surface area contributed by atoms with Gasteiger partial charge >= 0.3 is 6.03 Å². The van der Waals surface area contributed by atoms with E-state index >= 15 is 0 Å². The van der Waals surface area contributed by atoms with Crippen LogP contribution in [0.1, 0.15) is 13.8 Å². The van der Waals surface area contributed by atoms with Crippen LogP contribution in [0.25, 0.3) is 0 Å². The topological polar surface area (TPSA) is 41.6 Å². The number of hydrogen-bond donors (Lipinski definition) is 1. The van der Waals surface area contributed by atoms with Crippen molar-refractivity contribution in [2.75, 3.05) is 25.5 Å². The first-order valence-electron chi connectivity index (χ1n) is 5.51. The van der Waals surface area contributed by atoms with E-state index in [1.54, 1.807) is 11.0 Å². The number of methoxy groups -OCH3 is 1. The van der Waals surface area contributed by atoms with Crippen LogP contribution < -0.4 is 10.1 Å². The molecule has 0 saturated carbocycles. The lowest BCUT2D eigenvalue weighted by atomic mass is 10.3. The second kappa shape index (κ2) is 6.08. The molecule has 1 aromatic carbocycles. The third-order valence-corrected chi connectivity index (χ3v) is 2.45. The summed E-state index contributed by atoms with van der Waals surface area (Å²) in [7, 11) is 1.40. The van der Waals surface area contributed by atoms with Gasteiger partial charge in [0, 0.05) is 24.8 Å². The van der Waals surface area contributed by atoms with E-state index in [1.165, 1.54) is 19.2 Å². The highest BCUT2D eigenvalue weighted by molar-refractivity contribution is 5.89. The summed E-state index contributed by atoms with van der Waals surface area (Å²) in [5.41, 5.74) is 0.417. The zero-order valence-corrected chi connectivity index (χ0v) is 10.3. The second-order valence-electron chi connectivity index (χ2n) is 3.45. The molecule has 0 bridgehead atoms. The maximum atomic E-state index is 13.4. The van der Waals surface area contributed by atoms with Crippen molar-refractivity contribution in [3.8, 4) is 5.75 Å². The zero-order valence-electron chi connectivity index (χ0n) is 10.3. The highest BCUT2D eigenvalue weighted by Crippen LogP contribution is 2.20. The smallest absolute Gasteiger partial charge is 0.321 e. The third-order valence-electron chi connectivity index (χ3n) is 2.45. The average molecular weight is 240 g/mol. The van der Waals surface area contributed by atoms with Crippen molar-refractivity contribution in [1.82, 2.24) is 4.90 Å². The molecular weight excluding hydrogens is 223 g/mol. The molecule has 1 N–H and O–H groups in total. The first kappa shape index (κ1) is 13.3. The number of nitrogens with zero attached hydrogens (tertiary/aromatic N) is 1. The van der Waals surface area contributed by atoms with Gasteiger partial charge in [0.05, 0.1) is 7.11 Å². The van der Waals surface area contributed by atoms with Gasteiger partial charge < -0.3 is 15.0 Å². The summed E-state index contributed by atoms with van der Waals surface area (Å²) >= 11 is 0. The fourth-order valence-corrected chi connectivity index (χ4v) is 1.46. The average Bonchev–Trinajstić information content (AvgIpc) is 2.31. The van der Waals surface area contributed by atoms with Gasteiger partial charge in [0.2, 0.25) is 0 Å². The summed E-state index contributed by atoms with van der Waals surface area (Å²) in [5.74, 6) is -0.337. The molecule has 0 aliphatic rings. The SMILES string of the molecule is CCN(CC)C(=O)Nc1ccc(OC)c(F)c1. The van der Waals surface area contributed by atoms with Crippen molar-refractivity contribution in [3.63, 3.8) is 0 Å². The van der Waals surface area contributed by atoms with E-state index in [0.717, 1.165) is 0 Å². The van der Waals surface area contributed by atoms with Crippen LogP contribution in [0, 0.1) is 5.82 Å². The number of hydrogen-bond acceptors (Lipinski definition) is 2. The van der Waals surface area contributed by atoms with Gasteiger partial charge in [0.1, 0.15) is 0 Å². The molecule has 4 nitrogen and oxygen atoms in total. The summed E-state index contributed by atoms with van der Waals surface area (Å²) in [6, 6.07) is 4.08. The summed E-state index contributed by atoms with van der Waals surface area (Å²) in [5, 5.41) is 2.63. The van der Waals surface area contributed by atoms with E-state index in [1.807, 2.05) is 13.8 Å². The highest BCUT2D eigenvalue weighted by Gasteiger charge is 2.10. The van der Waals surface area contributed by atoms with Crippen molar-refractivity contribution in [1.29, 1.82) is 0 Å². The largest absolute Gasteiger partial charge is 0.494 e. The third kappa shape index (κ3) is 3.34. The molecule has 0 unspecified atom stereocenters. The Bertz CT molecular complexity index is 392. The number of carbonyl (C=O) groups excluding carboxylic acids is 1. The van der Waals surface area contributed by atoms with Crippen LogP contribution in [0.15, 0.2) is 18.2 Å². The van der Waals surface area contributed by atoms with E-state index < -0.39 is 5.82 Å². The number of urea groups is 1. The van der Waals surface area contributed by atoms with E-state index in [4.69, 9.17) is 4.74 Å². The Balaban J connectivity index is 2.75. The lowest BCUT2D eigenvalue weighted by molar-refractivity contribution is 0.217. The Morgan fingerprint density at radius 1 is 1.41 bits per heavy atom. The van der Waals surface area contributed by atoms with Gasteiger partial charge in [-0.05, 0) is 26.0 Å². The summed E-state index contributed by atoms with van der Waals surface area (Å²) in [4.78, 5) is 13.3. The van der Waals surface area contributed by atoms with Gasteiger partial charge in [0.25, 0.3) is 0 Å². The number of nitrogens with one attached hydrogen (secondary N) is 1. The Hall–Kier alpha value is -1.78. The molecule has 0 aliphatic heterocycles. The minimum absolute atomic E-state index is 0.158. The van der Waals surface area contributed by atoms with E-state index in [-0.39, 0.29) is 11.8 Å². The van der Waals surface area contributed by atoms with Crippen LogP contribution in [0.4, 0.5) is 14.9 Å². The molecule has 1 aromatic rings. The number of halogens is 1. The van der Waals surface area contributed by atoms with E-state index in [0.29, 0.717) is 18.8 Å². The van der Waals surface area contributed by atoms with Crippen molar-refractivity contribution in [2.24, 2.45) is 0 Å². The van der Waals surface area contributed by atoms with Gasteiger partial charge in [-0.1, -0.05) is 0 Å². The van der Waals surface area contributed by atoms with Gasteiger partial charge in [-0.3, -0.25) is 0 Å². The van der Waals surface area contributed by atoms with Crippen LogP contribution in [0.2, 0.25) is 0 Å². The zero-order chi connectivity index (χ0) is 12.8. The Kier molecular flexibility index (Phi) is 4.75. The lowest BCUT2D eigenvalue weighted by Crippen LogP contribution is -2.34. The highest BCUT2D eigenvalue weighted by atomic mass is 19.1. The first-order chi connectivity index (χ1) is 8.12. The Morgan fingerprint density at radius 2 is 2.06 bits per heavy atom. The van der Waals surface area contributed by atoms with Crippen molar-refractivity contribution in [2.45, 2.75) is 13.8 Å². The molecule has 0 saturated heterocycles. The molecule has 0 aliphatic carbocycles. The van der Waals surface area contributed by atoms with Gasteiger partial charge in [-0.2, -0.15) is 0 Å². The molecule has 0 spiro atoms. The molecule has 0 aromatic heterocycles. The minimum Gasteiger partial charge on any atom is -0.494 e. The molecule has 1 rings (SSSR count). The van der Waals surface area contributed by atoms with Crippen LogP contribution in [0.3, 0.4) is 0 Å². The summed E-state index contributed by atoms with van der Waals surface area (Å²) < 4.78 is 18.2. The molecule has 2 amide bonds. The lowest BCUT2D eigenvalue weighted by Gasteiger charge is -2.19. The predicted molar refractivity (Wildman–Crippen MR) is 64.9 cm³/mol. The molecule has 5 heteroatoms. The maximum Gasteiger partial charge on any atom is 0.321 e. The molecule has 0 atom stereocenters. The molecule has 94 valence electrons. The summed E-state index contributed by atoms with van der Waals surface area (Å²) in [6.07, 6.45) is 0. The number of amides is 2. The van der Waals surface area contributed by atoms with Crippen molar-refractivity contribution < 1.29 is 13.9 Å². The van der Waals surface area contributed by atoms with Crippen molar-refractivity contribution in [3.05, 3.63) is 24.0 Å². The maximum absolute atomic E-state index is 13.4. The molecule has 0 heterocycles. The number of benzene rings is 1. The monoisotopic (exact) mass is 240 g/mol. The minimum atomic E-state index is -0.496. The molecule has 0 radical (unpaired) electrons. The standard InChI is InChI=1S/C12H17FN2O2/c1-4-15(5-2)12(16)14-9-6-7-11(17-3)10(13)8-9/h6-8H,4-5H2,1-3H3,(H,14,16). The Labute approximate surface area is 100 Å². The first-order valence-corrected chi connectivity index (χ1v) is 5.51. The predicted octanol–water partition coefficient (Wildman–Crippen LogP) is 2.71. The number of rotatable bonds is 4. The van der Waals surface area contributed by atoms with E-state index in [2.05, 4.69) is 5.32 Å².